The minimum absolute atomic E-state index is 0.184. The Kier molecular flexibility index (Phi) is 4.33. The van der Waals surface area contributed by atoms with E-state index >= 15 is 0 Å². The smallest absolute Gasteiger partial charge is 0.242 e. The van der Waals surface area contributed by atoms with E-state index in [1.165, 1.54) is 16.7 Å². The Morgan fingerprint density at radius 2 is 1.87 bits per heavy atom. The van der Waals surface area contributed by atoms with Gasteiger partial charge in [0.25, 0.3) is 0 Å². The molecule has 0 N–H and O–H groups in total. The topological polar surface area (TPSA) is 36.4 Å². The number of pyridine rings is 1. The number of aryl methyl sites for hydroxylation is 3. The molecule has 0 bridgehead atoms. The molecule has 1 aliphatic heterocycles. The van der Waals surface area contributed by atoms with Gasteiger partial charge in [-0.25, -0.2) is 0 Å². The van der Waals surface area contributed by atoms with Crippen molar-refractivity contribution in [2.75, 3.05) is 24.5 Å². The zero-order valence-electron chi connectivity index (χ0n) is 14.0. The van der Waals surface area contributed by atoms with Crippen LogP contribution in [-0.4, -0.2) is 35.4 Å². The highest BCUT2D eigenvalue weighted by molar-refractivity contribution is 5.82. The largest absolute Gasteiger partial charge is 0.360 e. The average Bonchev–Trinajstić information content (AvgIpc) is 2.53. The normalized spacial score (nSPS) is 15.2. The number of anilines is 1. The summed E-state index contributed by atoms with van der Waals surface area (Å²) in [5.74, 6) is 0.184. The molecule has 4 heteroatoms. The molecule has 0 aliphatic carbocycles. The molecule has 1 amide bonds. The van der Waals surface area contributed by atoms with E-state index in [1.54, 1.807) is 6.20 Å². The molecule has 0 spiro atoms. The summed E-state index contributed by atoms with van der Waals surface area (Å²) in [6.45, 7) is 8.95. The molecule has 0 saturated carbocycles. The van der Waals surface area contributed by atoms with Gasteiger partial charge in [-0.1, -0.05) is 18.2 Å². The van der Waals surface area contributed by atoms with Gasteiger partial charge in [-0.15, -0.1) is 0 Å². The second-order valence-electron chi connectivity index (χ2n) is 6.31. The highest BCUT2D eigenvalue weighted by Gasteiger charge is 2.24. The van der Waals surface area contributed by atoms with Gasteiger partial charge in [0.2, 0.25) is 5.91 Å². The lowest BCUT2D eigenvalue weighted by Gasteiger charge is -2.35. The number of amides is 1. The first-order valence-corrected chi connectivity index (χ1v) is 8.04. The first-order chi connectivity index (χ1) is 11.0. The van der Waals surface area contributed by atoms with Crippen molar-refractivity contribution < 1.29 is 4.79 Å². The zero-order chi connectivity index (χ0) is 16.4. The third-order valence-electron chi connectivity index (χ3n) is 4.51. The lowest BCUT2D eigenvalue weighted by atomic mass is 10.1. The van der Waals surface area contributed by atoms with Crippen molar-refractivity contribution in [2.45, 2.75) is 27.3 Å². The lowest BCUT2D eigenvalue weighted by Crippen LogP contribution is -2.50. The Hall–Kier alpha value is -2.36. The third kappa shape index (κ3) is 3.52. The minimum Gasteiger partial charge on any atom is -0.360 e. The molecule has 1 aromatic carbocycles. The highest BCUT2D eigenvalue weighted by Crippen LogP contribution is 2.19. The number of carbonyl (C=O) groups is 1. The van der Waals surface area contributed by atoms with Crippen LogP contribution in [0.1, 0.15) is 22.4 Å². The molecule has 0 radical (unpaired) electrons. The van der Waals surface area contributed by atoms with Crippen molar-refractivity contribution in [2.24, 2.45) is 0 Å². The van der Waals surface area contributed by atoms with Gasteiger partial charge in [-0.2, -0.15) is 0 Å². The number of carbonyl (C=O) groups excluding carboxylic acids is 1. The summed E-state index contributed by atoms with van der Waals surface area (Å²) in [5.41, 5.74) is 5.83. The van der Waals surface area contributed by atoms with Gasteiger partial charge in [0.05, 0.1) is 6.54 Å². The Bertz CT molecular complexity index is 726. The molecule has 1 fully saturated rings. The highest BCUT2D eigenvalue weighted by atomic mass is 16.2. The fourth-order valence-corrected chi connectivity index (χ4v) is 2.95. The third-order valence-corrected chi connectivity index (χ3v) is 4.51. The minimum atomic E-state index is 0.184. The van der Waals surface area contributed by atoms with E-state index in [9.17, 15) is 4.79 Å². The first kappa shape index (κ1) is 15.5. The Morgan fingerprint density at radius 3 is 2.57 bits per heavy atom. The van der Waals surface area contributed by atoms with E-state index in [0.29, 0.717) is 13.1 Å². The number of rotatable bonds is 3. The van der Waals surface area contributed by atoms with Crippen molar-refractivity contribution >= 4 is 11.6 Å². The van der Waals surface area contributed by atoms with Crippen LogP contribution < -0.4 is 4.90 Å². The molecule has 1 aliphatic rings. The predicted molar refractivity (Wildman–Crippen MR) is 92.5 cm³/mol. The molecular weight excluding hydrogens is 286 g/mol. The van der Waals surface area contributed by atoms with Gasteiger partial charge in [0.1, 0.15) is 0 Å². The fourth-order valence-electron chi connectivity index (χ4n) is 2.95. The molecule has 2 heterocycles. The van der Waals surface area contributed by atoms with Crippen LogP contribution in [0.4, 0.5) is 5.69 Å². The van der Waals surface area contributed by atoms with E-state index in [1.807, 2.05) is 24.0 Å². The molecular formula is C19H23N3O. The molecule has 4 nitrogen and oxygen atoms in total. The molecule has 0 atom stereocenters. The molecule has 3 rings (SSSR count). The van der Waals surface area contributed by atoms with Crippen molar-refractivity contribution in [3.63, 3.8) is 0 Å². The maximum Gasteiger partial charge on any atom is 0.242 e. The lowest BCUT2D eigenvalue weighted by molar-refractivity contribution is -0.131. The maximum atomic E-state index is 12.5. The molecule has 1 aromatic heterocycles. The number of piperazine rings is 1. The summed E-state index contributed by atoms with van der Waals surface area (Å²) in [6, 6.07) is 10.4. The van der Waals surface area contributed by atoms with Gasteiger partial charge in [0, 0.05) is 37.2 Å². The Balaban J connectivity index is 1.67. The summed E-state index contributed by atoms with van der Waals surface area (Å²) in [5, 5.41) is 0. The van der Waals surface area contributed by atoms with Crippen LogP contribution in [0.2, 0.25) is 0 Å². The van der Waals surface area contributed by atoms with Crippen LogP contribution >= 0.6 is 0 Å². The van der Waals surface area contributed by atoms with Crippen LogP contribution in [0.5, 0.6) is 0 Å². The van der Waals surface area contributed by atoms with Crippen molar-refractivity contribution in [3.05, 3.63) is 58.9 Å². The van der Waals surface area contributed by atoms with Crippen LogP contribution in [0.15, 0.2) is 36.5 Å². The van der Waals surface area contributed by atoms with Crippen LogP contribution in [0.25, 0.3) is 0 Å². The number of hydrogen-bond donors (Lipinski definition) is 0. The quantitative estimate of drug-likeness (QED) is 0.875. The SMILES string of the molecule is Cc1cc(N2CCN(Cc3ccc(C)c(C)c3)C(=O)C2)ccn1. The average molecular weight is 309 g/mol. The van der Waals surface area contributed by atoms with Crippen molar-refractivity contribution in [1.29, 1.82) is 0 Å². The van der Waals surface area contributed by atoms with Crippen LogP contribution in [0, 0.1) is 20.8 Å². The van der Waals surface area contributed by atoms with Crippen LogP contribution in [-0.2, 0) is 11.3 Å². The predicted octanol–water partition coefficient (Wildman–Crippen LogP) is 2.86. The molecule has 23 heavy (non-hydrogen) atoms. The summed E-state index contributed by atoms with van der Waals surface area (Å²) in [7, 11) is 0. The first-order valence-electron chi connectivity index (χ1n) is 8.04. The van der Waals surface area contributed by atoms with Gasteiger partial charge < -0.3 is 9.80 Å². The number of aromatic nitrogens is 1. The Labute approximate surface area is 137 Å². The van der Waals surface area contributed by atoms with E-state index in [4.69, 9.17) is 0 Å². The molecule has 0 unspecified atom stereocenters. The van der Waals surface area contributed by atoms with Gasteiger partial charge in [-0.3, -0.25) is 9.78 Å². The van der Waals surface area contributed by atoms with E-state index in [2.05, 4.69) is 41.9 Å². The fraction of sp³-hybridized carbons (Fsp3) is 0.368. The zero-order valence-corrected chi connectivity index (χ0v) is 14.0. The standard InChI is InChI=1S/C19H23N3O/c1-14-4-5-17(10-15(14)2)12-22-9-8-21(13-19(22)23)18-6-7-20-16(3)11-18/h4-7,10-11H,8-9,12-13H2,1-3H3. The van der Waals surface area contributed by atoms with Gasteiger partial charge in [0.15, 0.2) is 0 Å². The number of benzene rings is 1. The molecule has 120 valence electrons. The molecule has 2 aromatic rings. The van der Waals surface area contributed by atoms with E-state index in [-0.39, 0.29) is 5.91 Å². The summed E-state index contributed by atoms with van der Waals surface area (Å²) >= 11 is 0. The molecule has 1 saturated heterocycles. The van der Waals surface area contributed by atoms with Crippen molar-refractivity contribution in [3.8, 4) is 0 Å². The summed E-state index contributed by atoms with van der Waals surface area (Å²) < 4.78 is 0. The Morgan fingerprint density at radius 1 is 1.04 bits per heavy atom. The van der Waals surface area contributed by atoms with Gasteiger partial charge in [-0.05, 0) is 49.6 Å². The maximum absolute atomic E-state index is 12.5. The number of hydrogen-bond acceptors (Lipinski definition) is 3. The van der Waals surface area contributed by atoms with E-state index in [0.717, 1.165) is 24.5 Å². The van der Waals surface area contributed by atoms with Gasteiger partial charge >= 0.3 is 0 Å². The summed E-state index contributed by atoms with van der Waals surface area (Å²) in [4.78, 5) is 20.8. The summed E-state index contributed by atoms with van der Waals surface area (Å²) in [6.07, 6.45) is 1.80. The second-order valence-corrected chi connectivity index (χ2v) is 6.31. The van der Waals surface area contributed by atoms with Crippen LogP contribution in [0.3, 0.4) is 0 Å². The monoisotopic (exact) mass is 309 g/mol. The second kappa shape index (κ2) is 6.41. The van der Waals surface area contributed by atoms with E-state index < -0.39 is 0 Å². The van der Waals surface area contributed by atoms with Crippen molar-refractivity contribution in [1.82, 2.24) is 9.88 Å². The number of nitrogens with zero attached hydrogens (tertiary/aromatic N) is 3.